The molecule has 1 amide bonds. The van der Waals surface area contributed by atoms with Crippen LogP contribution >= 0.6 is 22.9 Å². The van der Waals surface area contributed by atoms with Crippen molar-refractivity contribution in [1.29, 1.82) is 0 Å². The normalized spacial score (nSPS) is 30.1. The Hall–Kier alpha value is -0.580. The van der Waals surface area contributed by atoms with Gasteiger partial charge in [0.2, 0.25) is 5.91 Å². The van der Waals surface area contributed by atoms with Crippen LogP contribution in [0.15, 0.2) is 12.1 Å². The summed E-state index contributed by atoms with van der Waals surface area (Å²) in [6, 6.07) is 3.86. The summed E-state index contributed by atoms with van der Waals surface area (Å²) in [4.78, 5) is 13.7. The lowest BCUT2D eigenvalue weighted by molar-refractivity contribution is -0.134. The number of halogens is 1. The first-order chi connectivity index (χ1) is 9.21. The summed E-state index contributed by atoms with van der Waals surface area (Å²) < 4.78 is 0.778. The van der Waals surface area contributed by atoms with E-state index in [9.17, 15) is 4.79 Å². The SMILES string of the molecule is O=C(NCc1ccc(Cl)s1)[C@@]12CCCC[C@H]1CNC2. The lowest BCUT2D eigenvalue weighted by Gasteiger charge is -2.37. The maximum Gasteiger partial charge on any atom is 0.228 e. The van der Waals surface area contributed by atoms with Gasteiger partial charge < -0.3 is 10.6 Å². The van der Waals surface area contributed by atoms with Gasteiger partial charge in [0, 0.05) is 11.4 Å². The maximum absolute atomic E-state index is 12.6. The van der Waals surface area contributed by atoms with E-state index in [-0.39, 0.29) is 11.3 Å². The van der Waals surface area contributed by atoms with Gasteiger partial charge in [0.15, 0.2) is 0 Å². The second-order valence-corrected chi connectivity index (χ2v) is 7.42. The molecule has 2 aliphatic rings. The first-order valence-corrected chi connectivity index (χ1v) is 8.13. The molecule has 2 heterocycles. The fourth-order valence-electron chi connectivity index (χ4n) is 3.48. The van der Waals surface area contributed by atoms with Crippen molar-refractivity contribution in [2.24, 2.45) is 11.3 Å². The van der Waals surface area contributed by atoms with Crippen LogP contribution in [0.4, 0.5) is 0 Å². The number of amides is 1. The molecule has 1 aromatic heterocycles. The molecule has 2 atom stereocenters. The van der Waals surface area contributed by atoms with Crippen molar-refractivity contribution in [3.05, 3.63) is 21.3 Å². The van der Waals surface area contributed by atoms with Gasteiger partial charge >= 0.3 is 0 Å². The zero-order valence-corrected chi connectivity index (χ0v) is 12.4. The molecule has 2 N–H and O–H groups in total. The van der Waals surface area contributed by atoms with E-state index < -0.39 is 0 Å². The number of nitrogens with one attached hydrogen (secondary N) is 2. The molecule has 3 rings (SSSR count). The fourth-order valence-corrected chi connectivity index (χ4v) is 4.51. The Labute approximate surface area is 122 Å². The Morgan fingerprint density at radius 3 is 3.21 bits per heavy atom. The molecule has 104 valence electrons. The first-order valence-electron chi connectivity index (χ1n) is 6.94. The zero-order chi connectivity index (χ0) is 13.3. The number of hydrogen-bond acceptors (Lipinski definition) is 3. The van der Waals surface area contributed by atoms with Crippen LogP contribution in [0.2, 0.25) is 4.34 Å². The van der Waals surface area contributed by atoms with E-state index >= 15 is 0 Å². The Morgan fingerprint density at radius 2 is 2.42 bits per heavy atom. The van der Waals surface area contributed by atoms with Gasteiger partial charge in [-0.2, -0.15) is 0 Å². The Kier molecular flexibility index (Phi) is 3.83. The second kappa shape index (κ2) is 5.43. The predicted molar refractivity (Wildman–Crippen MR) is 78.4 cm³/mol. The van der Waals surface area contributed by atoms with Crippen LogP contribution in [0.25, 0.3) is 0 Å². The van der Waals surface area contributed by atoms with Crippen LogP contribution in [-0.4, -0.2) is 19.0 Å². The van der Waals surface area contributed by atoms with Crippen molar-refractivity contribution >= 4 is 28.8 Å². The van der Waals surface area contributed by atoms with Gasteiger partial charge in [-0.05, 0) is 37.4 Å². The smallest absolute Gasteiger partial charge is 0.228 e. The molecule has 5 heteroatoms. The molecule has 0 unspecified atom stereocenters. The highest BCUT2D eigenvalue weighted by atomic mass is 35.5. The van der Waals surface area contributed by atoms with Gasteiger partial charge in [-0.15, -0.1) is 11.3 Å². The number of thiophene rings is 1. The fraction of sp³-hybridized carbons (Fsp3) is 0.643. The van der Waals surface area contributed by atoms with Gasteiger partial charge in [0.25, 0.3) is 0 Å². The Morgan fingerprint density at radius 1 is 1.53 bits per heavy atom. The summed E-state index contributed by atoms with van der Waals surface area (Å²) in [5.41, 5.74) is -0.153. The van der Waals surface area contributed by atoms with Crippen LogP contribution in [0.1, 0.15) is 30.6 Å². The third-order valence-electron chi connectivity index (χ3n) is 4.54. The lowest BCUT2D eigenvalue weighted by Crippen LogP contribution is -2.47. The lowest BCUT2D eigenvalue weighted by atomic mass is 9.67. The van der Waals surface area contributed by atoms with Crippen LogP contribution < -0.4 is 10.6 Å². The van der Waals surface area contributed by atoms with Crippen molar-refractivity contribution in [2.75, 3.05) is 13.1 Å². The summed E-state index contributed by atoms with van der Waals surface area (Å²) >= 11 is 7.44. The molecule has 0 bridgehead atoms. The minimum Gasteiger partial charge on any atom is -0.351 e. The average molecular weight is 299 g/mol. The third kappa shape index (κ3) is 2.54. The number of hydrogen-bond donors (Lipinski definition) is 2. The van der Waals surface area contributed by atoms with Crippen molar-refractivity contribution in [3.8, 4) is 0 Å². The molecule has 1 aromatic rings. The molecule has 1 aliphatic heterocycles. The van der Waals surface area contributed by atoms with E-state index in [1.54, 1.807) is 0 Å². The first kappa shape index (κ1) is 13.4. The Bertz CT molecular complexity index is 476. The van der Waals surface area contributed by atoms with E-state index in [4.69, 9.17) is 11.6 Å². The molecule has 3 nitrogen and oxygen atoms in total. The van der Waals surface area contributed by atoms with Crippen molar-refractivity contribution in [2.45, 2.75) is 32.2 Å². The maximum atomic E-state index is 12.6. The monoisotopic (exact) mass is 298 g/mol. The minimum absolute atomic E-state index is 0.153. The largest absolute Gasteiger partial charge is 0.351 e. The van der Waals surface area contributed by atoms with Crippen molar-refractivity contribution in [3.63, 3.8) is 0 Å². The molecule has 1 saturated carbocycles. The van der Waals surface area contributed by atoms with Crippen molar-refractivity contribution in [1.82, 2.24) is 10.6 Å². The number of carbonyl (C=O) groups excluding carboxylic acids is 1. The molecule has 19 heavy (non-hydrogen) atoms. The molecular weight excluding hydrogens is 280 g/mol. The van der Waals surface area contributed by atoms with Gasteiger partial charge in [0.05, 0.1) is 16.3 Å². The highest BCUT2D eigenvalue weighted by molar-refractivity contribution is 7.16. The van der Waals surface area contributed by atoms with E-state index in [0.717, 1.165) is 28.7 Å². The van der Waals surface area contributed by atoms with E-state index in [0.29, 0.717) is 12.5 Å². The summed E-state index contributed by atoms with van der Waals surface area (Å²) in [5.74, 6) is 0.750. The van der Waals surface area contributed by atoms with E-state index in [1.165, 1.54) is 30.6 Å². The van der Waals surface area contributed by atoms with Crippen LogP contribution in [0, 0.1) is 11.3 Å². The molecule has 0 radical (unpaired) electrons. The Balaban J connectivity index is 1.65. The second-order valence-electron chi connectivity index (χ2n) is 5.62. The summed E-state index contributed by atoms with van der Waals surface area (Å²) in [5, 5.41) is 6.53. The van der Waals surface area contributed by atoms with Crippen LogP contribution in [0.5, 0.6) is 0 Å². The minimum atomic E-state index is -0.153. The van der Waals surface area contributed by atoms with Crippen LogP contribution in [0.3, 0.4) is 0 Å². The van der Waals surface area contributed by atoms with Gasteiger partial charge in [-0.25, -0.2) is 0 Å². The van der Waals surface area contributed by atoms with Crippen LogP contribution in [-0.2, 0) is 11.3 Å². The molecule has 1 saturated heterocycles. The van der Waals surface area contributed by atoms with Gasteiger partial charge in [-0.3, -0.25) is 4.79 Å². The highest BCUT2D eigenvalue weighted by Gasteiger charge is 2.49. The van der Waals surface area contributed by atoms with E-state index in [1.807, 2.05) is 12.1 Å². The molecule has 0 aromatic carbocycles. The molecule has 1 aliphatic carbocycles. The predicted octanol–water partition coefficient (Wildman–Crippen LogP) is 2.80. The number of fused-ring (bicyclic) bond motifs is 1. The van der Waals surface area contributed by atoms with Gasteiger partial charge in [-0.1, -0.05) is 24.4 Å². The highest BCUT2D eigenvalue weighted by Crippen LogP contribution is 2.43. The van der Waals surface area contributed by atoms with Crippen molar-refractivity contribution < 1.29 is 4.79 Å². The quantitative estimate of drug-likeness (QED) is 0.901. The summed E-state index contributed by atoms with van der Waals surface area (Å²) in [6.07, 6.45) is 4.66. The third-order valence-corrected chi connectivity index (χ3v) is 5.77. The summed E-state index contributed by atoms with van der Waals surface area (Å²) in [7, 11) is 0. The topological polar surface area (TPSA) is 41.1 Å². The molecule has 0 spiro atoms. The molecule has 2 fully saturated rings. The number of rotatable bonds is 3. The molecular formula is C14H19ClN2OS. The zero-order valence-electron chi connectivity index (χ0n) is 10.9. The average Bonchev–Trinajstić information content (AvgIpc) is 3.02. The van der Waals surface area contributed by atoms with Gasteiger partial charge in [0.1, 0.15) is 0 Å². The van der Waals surface area contributed by atoms with E-state index in [2.05, 4.69) is 10.6 Å². The standard InChI is InChI=1S/C14H19ClN2OS/c15-12-5-4-11(19-12)8-17-13(18)14-6-2-1-3-10(14)7-16-9-14/h4-5,10,16H,1-3,6-9H2,(H,17,18)/t10-,14+/m0/s1. The number of carbonyl (C=O) groups is 1. The summed E-state index contributed by atoms with van der Waals surface area (Å²) in [6.45, 7) is 2.44.